The third-order valence-corrected chi connectivity index (χ3v) is 6.70. The number of hydrogen-bond acceptors (Lipinski definition) is 2. The van der Waals surface area contributed by atoms with Gasteiger partial charge in [-0.3, -0.25) is 0 Å². The Morgan fingerprint density at radius 1 is 0.952 bits per heavy atom. The van der Waals surface area contributed by atoms with Crippen LogP contribution in [0.3, 0.4) is 0 Å². The molecule has 0 radical (unpaired) electrons. The first-order valence-corrected chi connectivity index (χ1v) is 8.77. The molecular formula is C19H21NS. The summed E-state index contributed by atoms with van der Waals surface area (Å²) in [7, 11) is 0. The van der Waals surface area contributed by atoms with Crippen LogP contribution in [0, 0.1) is 5.92 Å². The molecule has 2 aliphatic heterocycles. The first-order chi connectivity index (χ1) is 10.3. The Bertz CT molecular complexity index is 606. The highest BCUT2D eigenvalue weighted by Crippen LogP contribution is 2.60. The second-order valence-electron chi connectivity index (χ2n) is 6.36. The molecule has 4 atom stereocenters. The standard InChI is InChI=1S/C19H21NS/c1-14-18(16-10-6-3-7-11-16)20-17(12-19(14)13-21-19)15-8-4-2-5-9-15/h2-11,14,17-18,20H,12-13H2,1H3/t14-,17-,18+,19?/m0/s1. The summed E-state index contributed by atoms with van der Waals surface area (Å²) in [6.07, 6.45) is 1.26. The van der Waals surface area contributed by atoms with E-state index < -0.39 is 0 Å². The van der Waals surface area contributed by atoms with Crippen LogP contribution in [0.4, 0.5) is 0 Å². The lowest BCUT2D eigenvalue weighted by Gasteiger charge is -2.42. The van der Waals surface area contributed by atoms with Crippen molar-refractivity contribution < 1.29 is 0 Å². The van der Waals surface area contributed by atoms with Gasteiger partial charge in [-0.15, -0.1) is 0 Å². The quantitative estimate of drug-likeness (QED) is 0.814. The summed E-state index contributed by atoms with van der Waals surface area (Å²) >= 11 is 2.16. The number of nitrogens with one attached hydrogen (secondary N) is 1. The fourth-order valence-corrected chi connectivity index (χ4v) is 4.92. The Morgan fingerprint density at radius 3 is 2.10 bits per heavy atom. The Kier molecular flexibility index (Phi) is 3.31. The molecule has 2 fully saturated rings. The SMILES string of the molecule is C[C@H]1[C@H](c2ccccc2)N[C@H](c2ccccc2)CC12CS2. The Hall–Kier alpha value is -1.25. The van der Waals surface area contributed by atoms with Gasteiger partial charge in [0.15, 0.2) is 0 Å². The van der Waals surface area contributed by atoms with Gasteiger partial charge in [0.1, 0.15) is 0 Å². The van der Waals surface area contributed by atoms with Crippen molar-refractivity contribution in [1.29, 1.82) is 0 Å². The Morgan fingerprint density at radius 2 is 1.52 bits per heavy atom. The molecule has 0 saturated carbocycles. The molecule has 108 valence electrons. The molecule has 0 amide bonds. The van der Waals surface area contributed by atoms with Crippen LogP contribution in [0.5, 0.6) is 0 Å². The maximum Gasteiger partial charge on any atom is 0.0364 e. The van der Waals surface area contributed by atoms with Gasteiger partial charge in [0.05, 0.1) is 0 Å². The summed E-state index contributed by atoms with van der Waals surface area (Å²) in [5.74, 6) is 2.01. The minimum absolute atomic E-state index is 0.458. The fourth-order valence-electron chi connectivity index (χ4n) is 3.67. The van der Waals surface area contributed by atoms with Gasteiger partial charge < -0.3 is 5.32 Å². The topological polar surface area (TPSA) is 12.0 Å². The molecule has 2 heterocycles. The first-order valence-electron chi connectivity index (χ1n) is 7.78. The molecule has 21 heavy (non-hydrogen) atoms. The largest absolute Gasteiger partial charge is 0.303 e. The minimum atomic E-state index is 0.458. The molecule has 2 aromatic carbocycles. The van der Waals surface area contributed by atoms with Gasteiger partial charge in [0.25, 0.3) is 0 Å². The van der Waals surface area contributed by atoms with Crippen LogP contribution < -0.4 is 5.32 Å². The normalized spacial score (nSPS) is 34.8. The molecule has 1 N–H and O–H groups in total. The minimum Gasteiger partial charge on any atom is -0.303 e. The van der Waals surface area contributed by atoms with Crippen LogP contribution in [0.15, 0.2) is 60.7 Å². The average molecular weight is 295 g/mol. The van der Waals surface area contributed by atoms with Crippen LogP contribution in [0.25, 0.3) is 0 Å². The predicted molar refractivity (Wildman–Crippen MR) is 90.5 cm³/mol. The van der Waals surface area contributed by atoms with Gasteiger partial charge in [-0.1, -0.05) is 67.6 Å². The van der Waals surface area contributed by atoms with Crippen LogP contribution >= 0.6 is 11.8 Å². The lowest BCUT2D eigenvalue weighted by Crippen LogP contribution is -2.44. The zero-order valence-electron chi connectivity index (χ0n) is 12.3. The molecule has 4 rings (SSSR count). The third-order valence-electron chi connectivity index (χ3n) is 5.14. The summed E-state index contributed by atoms with van der Waals surface area (Å²) in [6, 6.07) is 22.8. The number of hydrogen-bond donors (Lipinski definition) is 1. The summed E-state index contributed by atoms with van der Waals surface area (Å²) in [4.78, 5) is 0. The van der Waals surface area contributed by atoms with Crippen molar-refractivity contribution >= 4 is 11.8 Å². The van der Waals surface area contributed by atoms with E-state index in [1.54, 1.807) is 0 Å². The zero-order valence-corrected chi connectivity index (χ0v) is 13.1. The van der Waals surface area contributed by atoms with E-state index in [-0.39, 0.29) is 0 Å². The number of thioether (sulfide) groups is 1. The second-order valence-corrected chi connectivity index (χ2v) is 7.75. The maximum atomic E-state index is 3.92. The van der Waals surface area contributed by atoms with E-state index in [9.17, 15) is 0 Å². The molecule has 2 heteroatoms. The van der Waals surface area contributed by atoms with Crippen LogP contribution in [-0.4, -0.2) is 10.5 Å². The molecule has 2 aromatic rings. The van der Waals surface area contributed by atoms with E-state index in [1.807, 2.05) is 0 Å². The summed E-state index contributed by atoms with van der Waals surface area (Å²) in [6.45, 7) is 2.42. The maximum absolute atomic E-state index is 3.92. The first kappa shape index (κ1) is 13.4. The lowest BCUT2D eigenvalue weighted by molar-refractivity contribution is 0.222. The summed E-state index contributed by atoms with van der Waals surface area (Å²) < 4.78 is 0.492. The van der Waals surface area contributed by atoms with Gasteiger partial charge >= 0.3 is 0 Å². The van der Waals surface area contributed by atoms with Gasteiger partial charge in [0.2, 0.25) is 0 Å². The highest BCUT2D eigenvalue weighted by Gasteiger charge is 2.55. The van der Waals surface area contributed by atoms with Crippen molar-refractivity contribution in [3.8, 4) is 0 Å². The van der Waals surface area contributed by atoms with Gasteiger partial charge in [-0.05, 0) is 23.5 Å². The van der Waals surface area contributed by atoms with E-state index in [0.29, 0.717) is 22.7 Å². The Balaban J connectivity index is 1.67. The van der Waals surface area contributed by atoms with E-state index in [4.69, 9.17) is 0 Å². The molecule has 0 bridgehead atoms. The van der Waals surface area contributed by atoms with E-state index >= 15 is 0 Å². The van der Waals surface area contributed by atoms with Crippen molar-refractivity contribution in [2.24, 2.45) is 5.92 Å². The van der Waals surface area contributed by atoms with Crippen LogP contribution in [0.2, 0.25) is 0 Å². The van der Waals surface area contributed by atoms with Crippen LogP contribution in [0.1, 0.15) is 36.6 Å². The molecular weight excluding hydrogens is 274 g/mol. The highest BCUT2D eigenvalue weighted by molar-refractivity contribution is 8.07. The molecule has 0 aliphatic carbocycles. The van der Waals surface area contributed by atoms with E-state index in [2.05, 4.69) is 84.7 Å². The van der Waals surface area contributed by atoms with E-state index in [1.165, 1.54) is 23.3 Å². The Labute approximate surface area is 131 Å². The molecule has 1 nitrogen and oxygen atoms in total. The van der Waals surface area contributed by atoms with Gasteiger partial charge in [0, 0.05) is 22.6 Å². The van der Waals surface area contributed by atoms with Gasteiger partial charge in [-0.25, -0.2) is 0 Å². The summed E-state index contributed by atoms with van der Waals surface area (Å²) in [5, 5.41) is 3.92. The lowest BCUT2D eigenvalue weighted by atomic mass is 9.76. The van der Waals surface area contributed by atoms with E-state index in [0.717, 1.165) is 0 Å². The monoisotopic (exact) mass is 295 g/mol. The fraction of sp³-hybridized carbons (Fsp3) is 0.368. The van der Waals surface area contributed by atoms with Crippen molar-refractivity contribution in [2.75, 3.05) is 5.75 Å². The average Bonchev–Trinajstić information content (AvgIpc) is 3.32. The smallest absolute Gasteiger partial charge is 0.0364 e. The van der Waals surface area contributed by atoms with Crippen molar-refractivity contribution in [3.05, 3.63) is 71.8 Å². The predicted octanol–water partition coefficient (Wildman–Crippen LogP) is 4.58. The molecule has 0 aromatic heterocycles. The van der Waals surface area contributed by atoms with Crippen LogP contribution in [-0.2, 0) is 0 Å². The molecule has 1 unspecified atom stereocenters. The highest BCUT2D eigenvalue weighted by atomic mass is 32.2. The van der Waals surface area contributed by atoms with Gasteiger partial charge in [-0.2, -0.15) is 11.8 Å². The third kappa shape index (κ3) is 2.41. The van der Waals surface area contributed by atoms with Crippen molar-refractivity contribution in [3.63, 3.8) is 0 Å². The number of benzene rings is 2. The number of rotatable bonds is 2. The second kappa shape index (κ2) is 5.19. The molecule has 2 saturated heterocycles. The molecule has 1 spiro atoms. The van der Waals surface area contributed by atoms with Crippen molar-refractivity contribution in [1.82, 2.24) is 5.32 Å². The summed E-state index contributed by atoms with van der Waals surface area (Å²) in [5.41, 5.74) is 2.86. The number of piperidine rings is 1. The van der Waals surface area contributed by atoms with Crippen molar-refractivity contribution in [2.45, 2.75) is 30.2 Å². The molecule has 2 aliphatic rings. The zero-order chi connectivity index (χ0) is 14.3.